The van der Waals surface area contributed by atoms with E-state index in [-0.39, 0.29) is 20.1 Å². The Labute approximate surface area is 292 Å². The molecule has 9 aromatic rings. The zero-order valence-electron chi connectivity index (χ0n) is 26.7. The predicted octanol–water partition coefficient (Wildman–Crippen LogP) is 11.5. The standard InChI is InChI=1S/C32H22NO2.C11H8N.Ir/c1-18-9-7-13-26-28(18)24-15-23(22-16-25(33-17-20(22)3)21-11-5-4-6-12-21)31-30(32(24)34-26)29-19(2)10-8-14-27(29)35-31;1-2-6-10(7-3-1)11-8-4-5-9-12-11;/h4-11,13-17H,1-3H3;1-6,8-9H;/q2*-1;. The van der Waals surface area contributed by atoms with Crippen LogP contribution in [-0.2, 0) is 20.1 Å². The van der Waals surface area contributed by atoms with Gasteiger partial charge in [0.25, 0.3) is 0 Å². The minimum atomic E-state index is 0. The van der Waals surface area contributed by atoms with Crippen LogP contribution in [0.5, 0.6) is 0 Å². The Bertz CT molecular complexity index is 2500. The van der Waals surface area contributed by atoms with Crippen molar-refractivity contribution < 1.29 is 28.9 Å². The molecule has 5 heteroatoms. The summed E-state index contributed by atoms with van der Waals surface area (Å²) >= 11 is 0. The molecule has 0 bridgehead atoms. The Kier molecular flexibility index (Phi) is 8.49. The number of benzene rings is 5. The number of rotatable bonds is 3. The summed E-state index contributed by atoms with van der Waals surface area (Å²) in [5.41, 5.74) is 13.0. The van der Waals surface area contributed by atoms with Crippen LogP contribution in [0.25, 0.3) is 77.5 Å². The monoisotopic (exact) mass is 799 g/mol. The molecule has 0 unspecified atom stereocenters. The van der Waals surface area contributed by atoms with Crippen molar-refractivity contribution in [3.8, 4) is 33.6 Å². The van der Waals surface area contributed by atoms with E-state index in [9.17, 15) is 0 Å². The maximum atomic E-state index is 6.57. The summed E-state index contributed by atoms with van der Waals surface area (Å²) in [6.45, 7) is 6.37. The molecule has 48 heavy (non-hydrogen) atoms. The van der Waals surface area contributed by atoms with Crippen LogP contribution in [0.2, 0.25) is 0 Å². The second-order valence-electron chi connectivity index (χ2n) is 11.8. The van der Waals surface area contributed by atoms with E-state index in [0.29, 0.717) is 0 Å². The second kappa shape index (κ2) is 13.0. The van der Waals surface area contributed by atoms with Gasteiger partial charge < -0.3 is 18.8 Å². The van der Waals surface area contributed by atoms with Crippen molar-refractivity contribution in [1.29, 1.82) is 0 Å². The molecular weight excluding hydrogens is 769 g/mol. The average Bonchev–Trinajstić information content (AvgIpc) is 3.70. The first-order valence-corrected chi connectivity index (χ1v) is 15.7. The number of pyridine rings is 2. The summed E-state index contributed by atoms with van der Waals surface area (Å²) in [6, 6.07) is 44.9. The minimum absolute atomic E-state index is 0. The fourth-order valence-corrected chi connectivity index (χ4v) is 6.40. The van der Waals surface area contributed by atoms with E-state index in [1.54, 1.807) is 6.20 Å². The van der Waals surface area contributed by atoms with Crippen molar-refractivity contribution >= 4 is 43.9 Å². The van der Waals surface area contributed by atoms with Crippen LogP contribution in [-0.4, -0.2) is 9.97 Å². The molecule has 0 N–H and O–H groups in total. The van der Waals surface area contributed by atoms with Crippen LogP contribution >= 0.6 is 0 Å². The van der Waals surface area contributed by atoms with Crippen LogP contribution in [0.3, 0.4) is 0 Å². The fraction of sp³-hybridized carbons (Fsp3) is 0.0698. The van der Waals surface area contributed by atoms with Crippen molar-refractivity contribution in [3.05, 3.63) is 156 Å². The number of aromatic nitrogens is 2. The Balaban J connectivity index is 0.000000237. The van der Waals surface area contributed by atoms with Gasteiger partial charge in [0.1, 0.15) is 22.3 Å². The van der Waals surface area contributed by atoms with Crippen molar-refractivity contribution in [1.82, 2.24) is 9.97 Å². The Morgan fingerprint density at radius 2 is 1.17 bits per heavy atom. The van der Waals surface area contributed by atoms with Gasteiger partial charge in [-0.2, -0.15) is 0 Å². The molecule has 4 aromatic heterocycles. The normalized spacial score (nSPS) is 11.1. The molecule has 0 saturated carbocycles. The largest absolute Gasteiger partial charge is 0.455 e. The fourth-order valence-electron chi connectivity index (χ4n) is 6.40. The van der Waals surface area contributed by atoms with E-state index < -0.39 is 0 Å². The zero-order valence-corrected chi connectivity index (χ0v) is 29.1. The number of furan rings is 2. The molecule has 0 aliphatic carbocycles. The quantitative estimate of drug-likeness (QED) is 0.167. The first-order chi connectivity index (χ1) is 23.1. The molecule has 0 fully saturated rings. The SMILES string of the molecule is Cc1cnc(-c2[c-]cccc2)cc1-c1cc2c(oc3cccc(C)c32)c2c1oc1cccc(C)c12.[Ir].[c-]1ccccc1-c1ccccn1. The van der Waals surface area contributed by atoms with Gasteiger partial charge >= 0.3 is 0 Å². The van der Waals surface area contributed by atoms with Crippen molar-refractivity contribution in [3.63, 3.8) is 0 Å². The van der Waals surface area contributed by atoms with E-state index in [2.05, 4.69) is 62.2 Å². The van der Waals surface area contributed by atoms with Crippen molar-refractivity contribution in [2.24, 2.45) is 0 Å². The minimum Gasteiger partial charge on any atom is -0.455 e. The van der Waals surface area contributed by atoms with Crippen LogP contribution in [0.4, 0.5) is 0 Å². The van der Waals surface area contributed by atoms with Crippen LogP contribution in [0, 0.1) is 32.9 Å². The molecule has 235 valence electrons. The molecular formula is C43H30IrN2O2-2. The third-order valence-corrected chi connectivity index (χ3v) is 8.67. The molecule has 4 nitrogen and oxygen atoms in total. The molecule has 9 rings (SSSR count). The van der Waals surface area contributed by atoms with Gasteiger partial charge in [0.05, 0.1) is 5.39 Å². The van der Waals surface area contributed by atoms with Gasteiger partial charge in [0.15, 0.2) is 0 Å². The van der Waals surface area contributed by atoms with Crippen molar-refractivity contribution in [2.45, 2.75) is 20.8 Å². The first kappa shape index (κ1) is 31.3. The summed E-state index contributed by atoms with van der Waals surface area (Å²) in [6.07, 6.45) is 3.73. The summed E-state index contributed by atoms with van der Waals surface area (Å²) in [7, 11) is 0. The van der Waals surface area contributed by atoms with E-state index in [1.807, 2.05) is 97.2 Å². The molecule has 0 spiro atoms. The molecule has 0 aliphatic heterocycles. The number of hydrogen-bond acceptors (Lipinski definition) is 4. The Morgan fingerprint density at radius 1 is 0.521 bits per heavy atom. The third kappa shape index (κ3) is 5.51. The van der Waals surface area contributed by atoms with Gasteiger partial charge in [-0.1, -0.05) is 42.5 Å². The second-order valence-corrected chi connectivity index (χ2v) is 11.8. The molecule has 5 aromatic carbocycles. The van der Waals surface area contributed by atoms with Crippen LogP contribution in [0.1, 0.15) is 16.7 Å². The van der Waals surface area contributed by atoms with Gasteiger partial charge in [0.2, 0.25) is 0 Å². The maximum absolute atomic E-state index is 6.57. The zero-order chi connectivity index (χ0) is 31.9. The summed E-state index contributed by atoms with van der Waals surface area (Å²) in [5, 5.41) is 4.40. The van der Waals surface area contributed by atoms with E-state index in [1.165, 1.54) is 11.1 Å². The Hall–Kier alpha value is -5.35. The van der Waals surface area contributed by atoms with E-state index in [0.717, 1.165) is 83.1 Å². The average molecular weight is 799 g/mol. The summed E-state index contributed by atoms with van der Waals surface area (Å²) in [4.78, 5) is 8.93. The van der Waals surface area contributed by atoms with Gasteiger partial charge in [0, 0.05) is 54.2 Å². The summed E-state index contributed by atoms with van der Waals surface area (Å²) in [5.74, 6) is 0. The third-order valence-electron chi connectivity index (χ3n) is 8.67. The molecule has 0 atom stereocenters. The molecule has 0 saturated heterocycles. The van der Waals surface area contributed by atoms with Gasteiger partial charge in [-0.3, -0.25) is 0 Å². The molecule has 1 radical (unpaired) electrons. The summed E-state index contributed by atoms with van der Waals surface area (Å²) < 4.78 is 13.1. The van der Waals surface area contributed by atoms with E-state index >= 15 is 0 Å². The maximum Gasteiger partial charge on any atom is 0.147 e. The smallest absolute Gasteiger partial charge is 0.147 e. The topological polar surface area (TPSA) is 52.1 Å². The number of fused-ring (bicyclic) bond motifs is 7. The van der Waals surface area contributed by atoms with Crippen LogP contribution < -0.4 is 0 Å². The molecule has 0 aliphatic rings. The van der Waals surface area contributed by atoms with Gasteiger partial charge in [-0.25, -0.2) is 0 Å². The first-order valence-electron chi connectivity index (χ1n) is 15.7. The number of aryl methyl sites for hydroxylation is 3. The predicted molar refractivity (Wildman–Crippen MR) is 191 cm³/mol. The molecule has 0 amide bonds. The Morgan fingerprint density at radius 3 is 1.83 bits per heavy atom. The number of hydrogen-bond donors (Lipinski definition) is 0. The van der Waals surface area contributed by atoms with Gasteiger partial charge in [-0.15, -0.1) is 71.8 Å². The van der Waals surface area contributed by atoms with Crippen LogP contribution in [0.15, 0.2) is 136 Å². The molecule has 4 heterocycles. The van der Waals surface area contributed by atoms with Gasteiger partial charge in [-0.05, 0) is 78.7 Å². The number of nitrogens with zero attached hydrogens (tertiary/aromatic N) is 2. The van der Waals surface area contributed by atoms with E-state index in [4.69, 9.17) is 13.8 Å². The van der Waals surface area contributed by atoms with Crippen molar-refractivity contribution in [2.75, 3.05) is 0 Å².